The van der Waals surface area contributed by atoms with Gasteiger partial charge < -0.3 is 0 Å². The normalized spacial score (nSPS) is 14.8. The lowest BCUT2D eigenvalue weighted by Gasteiger charge is -2.10. The zero-order chi connectivity index (χ0) is 9.35. The van der Waals surface area contributed by atoms with Crippen molar-refractivity contribution < 1.29 is 17.7 Å². The van der Waals surface area contributed by atoms with Gasteiger partial charge in [-0.25, -0.2) is 8.96 Å². The molecule has 1 atom stereocenters. The Labute approximate surface area is 72.2 Å². The van der Waals surface area contributed by atoms with E-state index in [2.05, 4.69) is 11.6 Å². The van der Waals surface area contributed by atoms with Gasteiger partial charge in [0.1, 0.15) is 12.4 Å². The minimum atomic E-state index is -3.69. The van der Waals surface area contributed by atoms with E-state index in [0.29, 0.717) is 4.57 Å². The highest BCUT2D eigenvalue weighted by Crippen LogP contribution is 2.29. The Bertz CT molecular complexity index is 272. The number of hydrogen-bond acceptors (Lipinski definition) is 0. The Morgan fingerprint density at radius 1 is 1.58 bits per heavy atom. The molecular formula is C6H7ClF3N2+. The van der Waals surface area contributed by atoms with Gasteiger partial charge in [-0.3, -0.25) is 0 Å². The first-order chi connectivity index (χ1) is 5.44. The van der Waals surface area contributed by atoms with Crippen molar-refractivity contribution in [3.63, 3.8) is 0 Å². The van der Waals surface area contributed by atoms with Crippen molar-refractivity contribution in [2.45, 2.75) is 11.7 Å². The molecule has 12 heavy (non-hydrogen) atoms. The summed E-state index contributed by atoms with van der Waals surface area (Å²) in [5.74, 6) is 0. The summed E-state index contributed by atoms with van der Waals surface area (Å²) in [5.41, 5.74) is -2.72. The van der Waals surface area contributed by atoms with Crippen LogP contribution < -0.4 is 4.57 Å². The average Bonchev–Trinajstić information content (AvgIpc) is 2.35. The number of hydrogen-bond donors (Lipinski definition) is 0. The van der Waals surface area contributed by atoms with Crippen LogP contribution in [0.2, 0.25) is 0 Å². The molecule has 2 nitrogen and oxygen atoms in total. The van der Waals surface area contributed by atoms with Gasteiger partial charge in [0.05, 0.1) is 7.05 Å². The molecule has 0 N–H and O–H groups in total. The number of nitrogens with zero attached hydrogens (tertiary/aromatic N) is 2. The third kappa shape index (κ3) is 1.55. The Balaban J connectivity index is 2.97. The Morgan fingerprint density at radius 3 is 2.50 bits per heavy atom. The van der Waals surface area contributed by atoms with Crippen LogP contribution in [0.1, 0.15) is 0 Å². The molecule has 68 valence electrons. The van der Waals surface area contributed by atoms with Crippen molar-refractivity contribution >= 4 is 11.6 Å². The van der Waals surface area contributed by atoms with Crippen LogP contribution in [0.4, 0.5) is 13.2 Å². The number of aryl methyl sites for hydroxylation is 1. The van der Waals surface area contributed by atoms with Crippen molar-refractivity contribution in [2.24, 2.45) is 7.05 Å². The predicted octanol–water partition coefficient (Wildman–Crippen LogP) is 1.40. The predicted molar refractivity (Wildman–Crippen MR) is 36.5 cm³/mol. The van der Waals surface area contributed by atoms with E-state index in [1.807, 2.05) is 0 Å². The van der Waals surface area contributed by atoms with Crippen LogP contribution in [0.25, 0.3) is 0 Å². The molecule has 0 unspecified atom stereocenters. The smallest absolute Gasteiger partial charge is 0.239 e. The van der Waals surface area contributed by atoms with Crippen molar-refractivity contribution in [3.8, 4) is 0 Å². The lowest BCUT2D eigenvalue weighted by molar-refractivity contribution is -0.671. The molecule has 0 saturated carbocycles. The lowest BCUT2D eigenvalue weighted by atomic mass is 10.6. The quantitative estimate of drug-likeness (QED) is 0.503. The average molecular weight is 200 g/mol. The highest BCUT2D eigenvalue weighted by atomic mass is 35.5. The molecule has 0 aliphatic rings. The molecule has 6 heteroatoms. The Morgan fingerprint density at radius 2 is 2.17 bits per heavy atom. The van der Waals surface area contributed by atoms with Gasteiger partial charge in [0.15, 0.2) is 0 Å². The topological polar surface area (TPSA) is 8.81 Å². The maximum Gasteiger partial charge on any atom is 0.443 e. The van der Waals surface area contributed by atoms with Crippen LogP contribution in [-0.2, 0) is 13.1 Å². The summed E-state index contributed by atoms with van der Waals surface area (Å²) in [6.07, 6.45) is 3.47. The van der Waals surface area contributed by atoms with Gasteiger partial charge in [0.2, 0.25) is 6.33 Å². The summed E-state index contributed by atoms with van der Waals surface area (Å²) in [6, 6.07) is -3.69. The molecule has 0 aromatic carbocycles. The number of imidazole rings is 1. The highest BCUT2D eigenvalue weighted by Gasteiger charge is 2.46. The molecule has 0 spiro atoms. The van der Waals surface area contributed by atoms with E-state index in [0.717, 1.165) is 12.5 Å². The van der Waals surface area contributed by atoms with Crippen LogP contribution in [0.5, 0.6) is 0 Å². The highest BCUT2D eigenvalue weighted by molar-refractivity contribution is 6.20. The summed E-state index contributed by atoms with van der Waals surface area (Å²) in [7, 11) is 1.55. The fraction of sp³-hybridized carbons (Fsp3) is 0.500. The van der Waals surface area contributed by atoms with Gasteiger partial charge in [-0.05, 0) is 0 Å². The molecule has 1 rings (SSSR count). The van der Waals surface area contributed by atoms with E-state index in [-0.39, 0.29) is 0 Å². The summed E-state index contributed by atoms with van der Waals surface area (Å²) < 4.78 is 39.4. The standard InChI is InChI=1S/C6H7ClF3N2/c1-11-2-3-12(4-11)6(9,10)5(7)8/h2-5H,1H3/q+1/t5-/m0/s1. The largest absolute Gasteiger partial charge is 0.443 e. The summed E-state index contributed by atoms with van der Waals surface area (Å²) in [6.45, 7) is 0. The van der Waals surface area contributed by atoms with Gasteiger partial charge in [0.25, 0.3) is 5.63 Å². The van der Waals surface area contributed by atoms with Crippen molar-refractivity contribution in [3.05, 3.63) is 18.7 Å². The van der Waals surface area contributed by atoms with E-state index >= 15 is 0 Å². The first-order valence-corrected chi connectivity index (χ1v) is 3.58. The minimum absolute atomic E-state index is 0.421. The third-order valence-corrected chi connectivity index (χ3v) is 1.64. The second kappa shape index (κ2) is 2.97. The second-order valence-electron chi connectivity index (χ2n) is 2.37. The van der Waals surface area contributed by atoms with Gasteiger partial charge in [-0.15, -0.1) is 0 Å². The van der Waals surface area contributed by atoms with Crippen LogP contribution >= 0.6 is 11.6 Å². The maximum atomic E-state index is 12.7. The van der Waals surface area contributed by atoms with Crippen LogP contribution in [0, 0.1) is 0 Å². The number of halogens is 4. The molecule has 0 amide bonds. The zero-order valence-electron chi connectivity index (χ0n) is 6.22. The van der Waals surface area contributed by atoms with Crippen molar-refractivity contribution in [1.29, 1.82) is 0 Å². The minimum Gasteiger partial charge on any atom is -0.239 e. The summed E-state index contributed by atoms with van der Waals surface area (Å²) in [4.78, 5) is 0. The second-order valence-corrected chi connectivity index (χ2v) is 2.76. The summed E-state index contributed by atoms with van der Waals surface area (Å²) >= 11 is 4.67. The van der Waals surface area contributed by atoms with E-state index < -0.39 is 11.7 Å². The van der Waals surface area contributed by atoms with E-state index in [9.17, 15) is 13.2 Å². The Hall–Kier alpha value is -0.710. The molecule has 0 aliphatic carbocycles. The maximum absolute atomic E-state index is 12.7. The first kappa shape index (κ1) is 9.38. The zero-order valence-corrected chi connectivity index (χ0v) is 6.97. The van der Waals surface area contributed by atoms with Crippen LogP contribution in [0.3, 0.4) is 0 Å². The number of alkyl halides is 4. The van der Waals surface area contributed by atoms with E-state index in [1.165, 1.54) is 10.8 Å². The van der Waals surface area contributed by atoms with Gasteiger partial charge in [-0.2, -0.15) is 13.3 Å². The van der Waals surface area contributed by atoms with Crippen LogP contribution in [-0.4, -0.2) is 10.2 Å². The molecular weight excluding hydrogens is 193 g/mol. The fourth-order valence-electron chi connectivity index (χ4n) is 0.739. The van der Waals surface area contributed by atoms with Crippen LogP contribution in [0.15, 0.2) is 18.7 Å². The molecule has 1 aromatic rings. The third-order valence-electron chi connectivity index (χ3n) is 1.38. The molecule has 0 fully saturated rings. The molecule has 1 heterocycles. The van der Waals surface area contributed by atoms with E-state index in [4.69, 9.17) is 0 Å². The summed E-state index contributed by atoms with van der Waals surface area (Å²) in [5, 5.41) is 0. The fourth-order valence-corrected chi connectivity index (χ4v) is 0.852. The molecule has 0 bridgehead atoms. The molecule has 1 aromatic heterocycles. The SMILES string of the molecule is C[n+]1ccn(C(F)(F)[C@H](F)Cl)c1. The Kier molecular flexibility index (Phi) is 2.32. The number of aromatic nitrogens is 2. The first-order valence-electron chi connectivity index (χ1n) is 3.14. The number of rotatable bonds is 2. The lowest BCUT2D eigenvalue weighted by Crippen LogP contribution is -2.32. The molecule has 0 aliphatic heterocycles. The van der Waals surface area contributed by atoms with Crippen molar-refractivity contribution in [1.82, 2.24) is 4.57 Å². The van der Waals surface area contributed by atoms with Crippen molar-refractivity contribution in [2.75, 3.05) is 0 Å². The van der Waals surface area contributed by atoms with Gasteiger partial charge in [0, 0.05) is 0 Å². The molecule has 0 radical (unpaired) electrons. The molecule has 0 saturated heterocycles. The van der Waals surface area contributed by atoms with E-state index in [1.54, 1.807) is 7.05 Å². The van der Waals surface area contributed by atoms with Gasteiger partial charge >= 0.3 is 6.05 Å². The monoisotopic (exact) mass is 199 g/mol. The van der Waals surface area contributed by atoms with Gasteiger partial charge in [-0.1, -0.05) is 11.6 Å².